The molecule has 21 heavy (non-hydrogen) atoms. The molecular formula is C16H22BrNO3. The second-order valence-electron chi connectivity index (χ2n) is 5.59. The molecule has 1 aliphatic carbocycles. The zero-order chi connectivity index (χ0) is 15.6. The molecule has 0 heterocycles. The minimum Gasteiger partial charge on any atom is -0.495 e. The zero-order valence-corrected chi connectivity index (χ0v) is 14.1. The van der Waals surface area contributed by atoms with Gasteiger partial charge < -0.3 is 15.6 Å². The lowest BCUT2D eigenvalue weighted by Crippen LogP contribution is -2.18. The van der Waals surface area contributed by atoms with E-state index in [1.807, 2.05) is 0 Å². The van der Waals surface area contributed by atoms with E-state index in [4.69, 9.17) is 15.6 Å². The molecule has 0 saturated heterocycles. The van der Waals surface area contributed by atoms with Gasteiger partial charge in [0.25, 0.3) is 0 Å². The molecule has 1 aliphatic rings. The second-order valence-corrected chi connectivity index (χ2v) is 6.38. The number of hydrogen-bond donors (Lipinski definition) is 2. The Hall–Kier alpha value is -1.07. The van der Waals surface area contributed by atoms with Crippen LogP contribution in [0.15, 0.2) is 4.47 Å². The van der Waals surface area contributed by atoms with Gasteiger partial charge >= 0.3 is 5.97 Å². The predicted molar refractivity (Wildman–Crippen MR) is 85.9 cm³/mol. The van der Waals surface area contributed by atoms with Crippen LogP contribution in [0, 0.1) is 6.92 Å². The van der Waals surface area contributed by atoms with Crippen molar-refractivity contribution in [1.82, 2.24) is 0 Å². The van der Waals surface area contributed by atoms with Crippen molar-refractivity contribution in [1.29, 1.82) is 0 Å². The van der Waals surface area contributed by atoms with Crippen molar-refractivity contribution >= 4 is 21.9 Å². The Morgan fingerprint density at radius 2 is 2.00 bits per heavy atom. The van der Waals surface area contributed by atoms with E-state index in [0.717, 1.165) is 28.6 Å². The van der Waals surface area contributed by atoms with Crippen molar-refractivity contribution in [3.05, 3.63) is 26.7 Å². The van der Waals surface area contributed by atoms with E-state index in [2.05, 4.69) is 22.9 Å². The van der Waals surface area contributed by atoms with Crippen LogP contribution in [0.3, 0.4) is 0 Å². The normalized spacial score (nSPS) is 15.4. The van der Waals surface area contributed by atoms with Crippen LogP contribution in [0.1, 0.15) is 54.0 Å². The van der Waals surface area contributed by atoms with Crippen LogP contribution in [0.4, 0.5) is 0 Å². The van der Waals surface area contributed by atoms with Gasteiger partial charge in [-0.05, 0) is 71.6 Å². The number of rotatable bonds is 5. The second kappa shape index (κ2) is 6.79. The number of carboxylic acid groups (broad SMARTS) is 1. The number of ether oxygens (including phenoxy) is 1. The van der Waals surface area contributed by atoms with Crippen LogP contribution in [-0.4, -0.2) is 18.2 Å². The minimum atomic E-state index is -0.820. The maximum atomic E-state index is 10.8. The van der Waals surface area contributed by atoms with Gasteiger partial charge in [0.05, 0.1) is 11.6 Å². The Bertz CT molecular complexity index is 557. The fourth-order valence-corrected chi connectivity index (χ4v) is 4.03. The summed E-state index contributed by atoms with van der Waals surface area (Å²) in [6, 6.07) is -0.320. The molecular weight excluding hydrogens is 334 g/mol. The number of methoxy groups -OCH3 is 1. The van der Waals surface area contributed by atoms with Gasteiger partial charge in [-0.1, -0.05) is 0 Å². The Morgan fingerprint density at radius 3 is 2.57 bits per heavy atom. The summed E-state index contributed by atoms with van der Waals surface area (Å²) in [5.41, 5.74) is 11.1. The fourth-order valence-electron chi connectivity index (χ4n) is 3.22. The molecule has 4 nitrogen and oxygen atoms in total. The molecule has 1 unspecified atom stereocenters. The van der Waals surface area contributed by atoms with E-state index in [9.17, 15) is 4.79 Å². The van der Waals surface area contributed by atoms with Crippen LogP contribution >= 0.6 is 15.9 Å². The Kier molecular flexibility index (Phi) is 5.27. The highest BCUT2D eigenvalue weighted by molar-refractivity contribution is 9.10. The summed E-state index contributed by atoms with van der Waals surface area (Å²) < 4.78 is 6.57. The lowest BCUT2D eigenvalue weighted by molar-refractivity contribution is -0.137. The summed E-state index contributed by atoms with van der Waals surface area (Å²) in [5.74, 6) is -0.0508. The third kappa shape index (κ3) is 3.24. The molecule has 1 aromatic rings. The van der Waals surface area contributed by atoms with Crippen molar-refractivity contribution < 1.29 is 14.6 Å². The van der Waals surface area contributed by atoms with Gasteiger partial charge in [0.15, 0.2) is 0 Å². The van der Waals surface area contributed by atoms with Gasteiger partial charge in [-0.2, -0.15) is 0 Å². The van der Waals surface area contributed by atoms with E-state index >= 15 is 0 Å². The molecule has 0 bridgehead atoms. The van der Waals surface area contributed by atoms with E-state index in [-0.39, 0.29) is 12.5 Å². The fraction of sp³-hybridized carbons (Fsp3) is 0.562. The van der Waals surface area contributed by atoms with Crippen molar-refractivity contribution in [2.75, 3.05) is 7.11 Å². The Balaban J connectivity index is 2.48. The molecule has 0 saturated carbocycles. The van der Waals surface area contributed by atoms with E-state index < -0.39 is 5.97 Å². The summed E-state index contributed by atoms with van der Waals surface area (Å²) >= 11 is 3.66. The summed E-state index contributed by atoms with van der Waals surface area (Å²) in [6.45, 7) is 2.08. The lowest BCUT2D eigenvalue weighted by Gasteiger charge is -2.27. The van der Waals surface area contributed by atoms with Crippen molar-refractivity contribution in [3.8, 4) is 5.75 Å². The molecule has 2 rings (SSSR count). The summed E-state index contributed by atoms with van der Waals surface area (Å²) in [4.78, 5) is 10.8. The number of aliphatic carboxylic acids is 1. The summed E-state index contributed by atoms with van der Waals surface area (Å²) in [6.07, 6.45) is 4.98. The van der Waals surface area contributed by atoms with E-state index in [0.29, 0.717) is 6.42 Å². The van der Waals surface area contributed by atoms with Crippen LogP contribution in [0.2, 0.25) is 0 Å². The molecule has 5 heteroatoms. The molecule has 3 N–H and O–H groups in total. The number of carbonyl (C=O) groups is 1. The number of carboxylic acids is 1. The van der Waals surface area contributed by atoms with Crippen LogP contribution in [-0.2, 0) is 17.6 Å². The van der Waals surface area contributed by atoms with Crippen molar-refractivity contribution in [3.63, 3.8) is 0 Å². The first-order chi connectivity index (χ1) is 9.97. The molecule has 0 amide bonds. The third-order valence-electron chi connectivity index (χ3n) is 4.28. The quantitative estimate of drug-likeness (QED) is 0.847. The Morgan fingerprint density at radius 1 is 1.38 bits per heavy atom. The largest absolute Gasteiger partial charge is 0.495 e. The van der Waals surface area contributed by atoms with Gasteiger partial charge in [0.2, 0.25) is 0 Å². The molecule has 0 fully saturated rings. The predicted octanol–water partition coefficient (Wildman–Crippen LogP) is 3.51. The maximum Gasteiger partial charge on any atom is 0.303 e. The van der Waals surface area contributed by atoms with Crippen molar-refractivity contribution in [2.45, 2.75) is 51.5 Å². The molecule has 1 aromatic carbocycles. The number of benzene rings is 1. The highest BCUT2D eigenvalue weighted by atomic mass is 79.9. The van der Waals surface area contributed by atoms with Crippen molar-refractivity contribution in [2.24, 2.45) is 5.73 Å². The third-order valence-corrected chi connectivity index (χ3v) is 5.12. The topological polar surface area (TPSA) is 72.5 Å². The smallest absolute Gasteiger partial charge is 0.303 e. The number of fused-ring (bicyclic) bond motifs is 1. The molecule has 0 radical (unpaired) electrons. The average Bonchev–Trinajstić information content (AvgIpc) is 2.48. The molecule has 1 atom stereocenters. The number of halogens is 1. The van der Waals surface area contributed by atoms with Crippen LogP contribution in [0.5, 0.6) is 5.75 Å². The minimum absolute atomic E-state index is 0.0679. The standard InChI is InChI=1S/C16H22BrNO3/c1-9-10-5-3-4-6-11(10)15(17)16(21-2)14(9)12(18)7-8-13(19)20/h12H,3-8,18H2,1-2H3,(H,19,20). The average molecular weight is 356 g/mol. The van der Waals surface area contributed by atoms with Crippen LogP contribution < -0.4 is 10.5 Å². The van der Waals surface area contributed by atoms with Gasteiger partial charge in [0.1, 0.15) is 5.75 Å². The molecule has 0 aliphatic heterocycles. The first kappa shape index (κ1) is 16.3. The van der Waals surface area contributed by atoms with Gasteiger partial charge in [-0.25, -0.2) is 0 Å². The maximum absolute atomic E-state index is 10.8. The number of nitrogens with two attached hydrogens (primary N) is 1. The first-order valence-corrected chi connectivity index (χ1v) is 8.11. The SMILES string of the molecule is COc1c(Br)c2c(c(C)c1C(N)CCC(=O)O)CCCC2. The zero-order valence-electron chi connectivity index (χ0n) is 12.5. The molecule has 0 aromatic heterocycles. The van der Waals surface area contributed by atoms with Gasteiger partial charge in [-0.3, -0.25) is 4.79 Å². The summed E-state index contributed by atoms with van der Waals surface area (Å²) in [5, 5.41) is 8.86. The molecule has 0 spiro atoms. The van der Waals surface area contributed by atoms with Gasteiger partial charge in [-0.15, -0.1) is 0 Å². The molecule has 116 valence electrons. The highest BCUT2D eigenvalue weighted by Gasteiger charge is 2.26. The van der Waals surface area contributed by atoms with Gasteiger partial charge in [0, 0.05) is 18.0 Å². The first-order valence-electron chi connectivity index (χ1n) is 7.32. The number of hydrogen-bond acceptors (Lipinski definition) is 3. The monoisotopic (exact) mass is 355 g/mol. The Labute approximate surface area is 133 Å². The van der Waals surface area contributed by atoms with E-state index in [1.165, 1.54) is 29.5 Å². The van der Waals surface area contributed by atoms with Crippen LogP contribution in [0.25, 0.3) is 0 Å². The summed E-state index contributed by atoms with van der Waals surface area (Å²) in [7, 11) is 1.64. The van der Waals surface area contributed by atoms with E-state index in [1.54, 1.807) is 7.11 Å². The highest BCUT2D eigenvalue weighted by Crippen LogP contribution is 2.43. The lowest BCUT2D eigenvalue weighted by atomic mass is 9.83.